The number of carbonyl (C=O) groups excluding carboxylic acids is 1. The van der Waals surface area contributed by atoms with Crippen molar-refractivity contribution in [3.8, 4) is 0 Å². The van der Waals surface area contributed by atoms with Crippen molar-refractivity contribution in [2.75, 3.05) is 21.5 Å². The lowest BCUT2D eigenvalue weighted by Crippen LogP contribution is -2.35. The highest BCUT2D eigenvalue weighted by molar-refractivity contribution is 9.10. The molecule has 0 aliphatic rings. The second-order valence-corrected chi connectivity index (χ2v) is 10.7. The zero-order valence-electron chi connectivity index (χ0n) is 15.0. The molecule has 0 radical (unpaired) electrons. The van der Waals surface area contributed by atoms with E-state index >= 15 is 0 Å². The number of nitrogens with zero attached hydrogens (tertiary/aromatic N) is 2. The number of rotatable bonds is 5. The normalized spacial score (nSPS) is 11.9. The van der Waals surface area contributed by atoms with Gasteiger partial charge >= 0.3 is 0 Å². The van der Waals surface area contributed by atoms with E-state index in [0.29, 0.717) is 20.7 Å². The Labute approximate surface area is 166 Å². The van der Waals surface area contributed by atoms with Gasteiger partial charge in [0, 0.05) is 15.9 Å². The molecule has 0 aliphatic heterocycles. The fourth-order valence-electron chi connectivity index (χ4n) is 2.46. The molecule has 0 saturated heterocycles. The van der Waals surface area contributed by atoms with Gasteiger partial charge in [-0.2, -0.15) is 3.71 Å². The standard InChI is InChI=1S/C16H18BrN3O5S2/c1-10-5-7-13(11(2)18-10)16(21)19-12-6-8-15(14(17)9-12)20(26(3,22)23)27(4,24)25/h5-9H,1-4H3,(H,19,21). The number of carbonyl (C=O) groups is 1. The monoisotopic (exact) mass is 475 g/mol. The Bertz CT molecular complexity index is 1080. The smallest absolute Gasteiger partial charge is 0.257 e. The highest BCUT2D eigenvalue weighted by Crippen LogP contribution is 2.32. The number of hydrogen-bond acceptors (Lipinski definition) is 6. The Morgan fingerprint density at radius 3 is 2.11 bits per heavy atom. The molecule has 1 N–H and O–H groups in total. The number of nitrogens with one attached hydrogen (secondary N) is 1. The van der Waals surface area contributed by atoms with Crippen LogP contribution in [0.15, 0.2) is 34.8 Å². The van der Waals surface area contributed by atoms with Crippen LogP contribution in [0, 0.1) is 13.8 Å². The second-order valence-electron chi connectivity index (χ2n) is 5.93. The van der Waals surface area contributed by atoms with Gasteiger partial charge in [0.05, 0.1) is 29.5 Å². The molecule has 0 fully saturated rings. The molecule has 8 nitrogen and oxygen atoms in total. The molecule has 0 spiro atoms. The van der Waals surface area contributed by atoms with Crippen LogP contribution in [0.25, 0.3) is 0 Å². The minimum absolute atomic E-state index is 0.0776. The first-order valence-corrected chi connectivity index (χ1v) is 12.1. The van der Waals surface area contributed by atoms with Gasteiger partial charge in [0.1, 0.15) is 0 Å². The highest BCUT2D eigenvalue weighted by atomic mass is 79.9. The molecule has 0 unspecified atom stereocenters. The van der Waals surface area contributed by atoms with Crippen LogP contribution in [0.5, 0.6) is 0 Å². The molecule has 0 saturated carbocycles. The zero-order chi connectivity index (χ0) is 20.6. The van der Waals surface area contributed by atoms with Gasteiger partial charge in [0.2, 0.25) is 20.0 Å². The lowest BCUT2D eigenvalue weighted by atomic mass is 10.1. The van der Waals surface area contributed by atoms with Crippen molar-refractivity contribution in [3.05, 3.63) is 51.8 Å². The molecule has 0 aliphatic carbocycles. The average molecular weight is 476 g/mol. The maximum absolute atomic E-state index is 12.4. The van der Waals surface area contributed by atoms with E-state index in [-0.39, 0.29) is 16.1 Å². The molecule has 1 heterocycles. The third kappa shape index (κ3) is 5.05. The van der Waals surface area contributed by atoms with Crippen LogP contribution in [0.4, 0.5) is 11.4 Å². The molecule has 2 aromatic rings. The van der Waals surface area contributed by atoms with Gasteiger partial charge in [0.25, 0.3) is 5.91 Å². The molecule has 2 rings (SSSR count). The van der Waals surface area contributed by atoms with Gasteiger partial charge in [-0.15, -0.1) is 0 Å². The summed E-state index contributed by atoms with van der Waals surface area (Å²) in [6.07, 6.45) is 1.59. The van der Waals surface area contributed by atoms with Crippen LogP contribution >= 0.6 is 15.9 Å². The molecule has 0 bridgehead atoms. The van der Waals surface area contributed by atoms with Crippen molar-refractivity contribution in [2.24, 2.45) is 0 Å². The average Bonchev–Trinajstić information content (AvgIpc) is 2.47. The predicted molar refractivity (Wildman–Crippen MR) is 108 cm³/mol. The van der Waals surface area contributed by atoms with Crippen molar-refractivity contribution in [2.45, 2.75) is 13.8 Å². The summed E-state index contributed by atoms with van der Waals surface area (Å²) in [5.41, 5.74) is 2.04. The van der Waals surface area contributed by atoms with E-state index in [9.17, 15) is 21.6 Å². The maximum atomic E-state index is 12.4. The highest BCUT2D eigenvalue weighted by Gasteiger charge is 2.29. The van der Waals surface area contributed by atoms with E-state index in [4.69, 9.17) is 0 Å². The van der Waals surface area contributed by atoms with Gasteiger partial charge < -0.3 is 5.32 Å². The Morgan fingerprint density at radius 2 is 1.63 bits per heavy atom. The van der Waals surface area contributed by atoms with Crippen LogP contribution in [0.2, 0.25) is 0 Å². The summed E-state index contributed by atoms with van der Waals surface area (Å²) < 4.78 is 48.1. The summed E-state index contributed by atoms with van der Waals surface area (Å²) in [4.78, 5) is 16.7. The molecule has 0 atom stereocenters. The first-order valence-electron chi connectivity index (χ1n) is 7.56. The number of benzene rings is 1. The molecular formula is C16H18BrN3O5S2. The van der Waals surface area contributed by atoms with Gasteiger partial charge in [-0.1, -0.05) is 0 Å². The number of halogens is 1. The molecule has 27 heavy (non-hydrogen) atoms. The predicted octanol–water partition coefficient (Wildman–Crippen LogP) is 2.44. The van der Waals surface area contributed by atoms with Gasteiger partial charge in [-0.3, -0.25) is 9.78 Å². The van der Waals surface area contributed by atoms with Crippen LogP contribution in [0.3, 0.4) is 0 Å². The number of sulfonamides is 2. The number of aromatic nitrogens is 1. The molecule has 1 aromatic heterocycles. The minimum Gasteiger partial charge on any atom is -0.322 e. The first-order chi connectivity index (χ1) is 12.3. The van der Waals surface area contributed by atoms with Crippen molar-refractivity contribution < 1.29 is 21.6 Å². The van der Waals surface area contributed by atoms with Gasteiger partial charge in [0.15, 0.2) is 0 Å². The fraction of sp³-hybridized carbons (Fsp3) is 0.250. The van der Waals surface area contributed by atoms with Gasteiger partial charge in [-0.25, -0.2) is 16.8 Å². The van der Waals surface area contributed by atoms with E-state index in [0.717, 1.165) is 18.2 Å². The van der Waals surface area contributed by atoms with Gasteiger partial charge in [-0.05, 0) is 60.1 Å². The third-order valence-corrected chi connectivity index (χ3v) is 7.33. The second kappa shape index (κ2) is 7.56. The zero-order valence-corrected chi connectivity index (χ0v) is 18.2. The Morgan fingerprint density at radius 1 is 1.04 bits per heavy atom. The quantitative estimate of drug-likeness (QED) is 0.709. The Balaban J connectivity index is 2.38. The number of hydrogen-bond donors (Lipinski definition) is 1. The molecule has 1 amide bonds. The van der Waals surface area contributed by atoms with Crippen LogP contribution < -0.4 is 9.03 Å². The van der Waals surface area contributed by atoms with E-state index in [1.54, 1.807) is 19.1 Å². The van der Waals surface area contributed by atoms with E-state index < -0.39 is 20.0 Å². The summed E-state index contributed by atoms with van der Waals surface area (Å²) in [5, 5.41) is 2.68. The summed E-state index contributed by atoms with van der Waals surface area (Å²) >= 11 is 3.17. The van der Waals surface area contributed by atoms with Crippen molar-refractivity contribution in [3.63, 3.8) is 0 Å². The SMILES string of the molecule is Cc1ccc(C(=O)Nc2ccc(N(S(C)(=O)=O)S(C)(=O)=O)c(Br)c2)c(C)n1. The summed E-state index contributed by atoms with van der Waals surface area (Å²) in [5.74, 6) is -0.386. The fourth-order valence-corrected chi connectivity index (χ4v) is 6.25. The summed E-state index contributed by atoms with van der Waals surface area (Å²) in [6.45, 7) is 3.54. The maximum Gasteiger partial charge on any atom is 0.257 e. The Kier molecular flexibility index (Phi) is 5.97. The largest absolute Gasteiger partial charge is 0.322 e. The number of amides is 1. The third-order valence-electron chi connectivity index (χ3n) is 3.47. The molecular weight excluding hydrogens is 458 g/mol. The lowest BCUT2D eigenvalue weighted by molar-refractivity contribution is 0.102. The minimum atomic E-state index is -4.07. The number of pyridine rings is 1. The molecule has 1 aromatic carbocycles. The van der Waals surface area contributed by atoms with Crippen LogP contribution in [0.1, 0.15) is 21.7 Å². The first kappa shape index (κ1) is 21.3. The number of aryl methyl sites for hydroxylation is 2. The Hall–Kier alpha value is -1.98. The van der Waals surface area contributed by atoms with Crippen LogP contribution in [-0.4, -0.2) is 40.2 Å². The van der Waals surface area contributed by atoms with E-state index in [2.05, 4.69) is 26.2 Å². The topological polar surface area (TPSA) is 114 Å². The summed E-state index contributed by atoms with van der Waals surface area (Å²) in [6, 6.07) is 7.51. The van der Waals surface area contributed by atoms with Crippen LogP contribution in [-0.2, 0) is 20.0 Å². The lowest BCUT2D eigenvalue weighted by Gasteiger charge is -2.21. The van der Waals surface area contributed by atoms with Crippen molar-refractivity contribution in [1.82, 2.24) is 4.98 Å². The molecule has 11 heteroatoms. The molecule has 146 valence electrons. The van der Waals surface area contributed by atoms with Crippen molar-refractivity contribution in [1.29, 1.82) is 0 Å². The van der Waals surface area contributed by atoms with E-state index in [1.165, 1.54) is 18.2 Å². The summed E-state index contributed by atoms with van der Waals surface area (Å²) in [7, 11) is -8.13. The van der Waals surface area contributed by atoms with E-state index in [1.807, 2.05) is 6.92 Å². The number of anilines is 2. The van der Waals surface area contributed by atoms with Crippen molar-refractivity contribution >= 4 is 53.3 Å².